The zero-order valence-corrected chi connectivity index (χ0v) is 11.6. The molecule has 2 aromatic carbocycles. The van der Waals surface area contributed by atoms with Gasteiger partial charge in [0.2, 0.25) is 0 Å². The Morgan fingerprint density at radius 1 is 1.00 bits per heavy atom. The number of para-hydroxylation sites is 1. The maximum atomic E-state index is 5.75. The van der Waals surface area contributed by atoms with Crippen molar-refractivity contribution in [2.75, 3.05) is 6.61 Å². The molecule has 0 aliphatic heterocycles. The van der Waals surface area contributed by atoms with Crippen LogP contribution < -0.4 is 4.74 Å². The molecular weight excluding hydrogens is 323 g/mol. The van der Waals surface area contributed by atoms with Gasteiger partial charge in [-0.25, -0.2) is 0 Å². The minimum Gasteiger partial charge on any atom is -0.488 e. The summed E-state index contributed by atoms with van der Waals surface area (Å²) in [5.74, 6) is 0.908. The summed E-state index contributed by atoms with van der Waals surface area (Å²) in [6.07, 6.45) is 0. The fourth-order valence-electron chi connectivity index (χ4n) is 1.48. The van der Waals surface area contributed by atoms with Gasteiger partial charge in [-0.2, -0.15) is 0 Å². The molecule has 0 radical (unpaired) electrons. The molecule has 2 aromatic rings. The molecule has 2 heteroatoms. The lowest BCUT2D eigenvalue weighted by molar-refractivity contribution is 0.367. The Morgan fingerprint density at radius 3 is 2.35 bits per heavy atom. The zero-order chi connectivity index (χ0) is 12.1. The summed E-state index contributed by atoms with van der Waals surface area (Å²) < 4.78 is 6.86. The molecule has 86 valence electrons. The number of hydrogen-bond donors (Lipinski definition) is 0. The lowest BCUT2D eigenvalue weighted by Gasteiger charge is -2.10. The van der Waals surface area contributed by atoms with Crippen molar-refractivity contribution in [3.05, 3.63) is 70.3 Å². The van der Waals surface area contributed by atoms with E-state index in [9.17, 15) is 0 Å². The number of benzene rings is 2. The molecular formula is C15H13IO. The molecule has 0 unspecified atom stereocenters. The molecule has 0 saturated heterocycles. The van der Waals surface area contributed by atoms with Crippen LogP contribution in [0.1, 0.15) is 5.56 Å². The van der Waals surface area contributed by atoms with E-state index in [1.807, 2.05) is 54.6 Å². The molecule has 0 bridgehead atoms. The van der Waals surface area contributed by atoms with Crippen LogP contribution in [0.4, 0.5) is 0 Å². The van der Waals surface area contributed by atoms with E-state index in [4.69, 9.17) is 4.74 Å². The minimum absolute atomic E-state index is 0.518. The zero-order valence-electron chi connectivity index (χ0n) is 9.40. The second-order valence-corrected chi connectivity index (χ2v) is 4.85. The molecule has 0 atom stereocenters. The van der Waals surface area contributed by atoms with Gasteiger partial charge in [0.1, 0.15) is 12.4 Å². The topological polar surface area (TPSA) is 9.23 Å². The third-order valence-electron chi connectivity index (χ3n) is 2.42. The second kappa shape index (κ2) is 5.87. The van der Waals surface area contributed by atoms with E-state index in [2.05, 4.69) is 29.2 Å². The minimum atomic E-state index is 0.518. The molecule has 0 N–H and O–H groups in total. The predicted octanol–water partition coefficient (Wildman–Crippen LogP) is 4.38. The van der Waals surface area contributed by atoms with Crippen molar-refractivity contribution in [3.63, 3.8) is 0 Å². The van der Waals surface area contributed by atoms with E-state index in [1.165, 1.54) is 0 Å². The molecule has 0 aromatic heterocycles. The Morgan fingerprint density at radius 2 is 1.65 bits per heavy atom. The van der Waals surface area contributed by atoms with Crippen molar-refractivity contribution in [1.29, 1.82) is 0 Å². The van der Waals surface area contributed by atoms with Gasteiger partial charge in [-0.15, -0.1) is 0 Å². The number of ether oxygens (including phenoxy) is 1. The molecule has 0 spiro atoms. The van der Waals surface area contributed by atoms with Crippen LogP contribution in [-0.4, -0.2) is 6.61 Å². The highest BCUT2D eigenvalue weighted by Crippen LogP contribution is 2.21. The maximum Gasteiger partial charge on any atom is 0.133 e. The smallest absolute Gasteiger partial charge is 0.133 e. The van der Waals surface area contributed by atoms with Crippen LogP contribution in [0, 0.1) is 3.57 Å². The van der Waals surface area contributed by atoms with Gasteiger partial charge in [0.25, 0.3) is 0 Å². The average molecular weight is 336 g/mol. The fraction of sp³-hybridized carbons (Fsp3) is 0.0667. The predicted molar refractivity (Wildman–Crippen MR) is 80.1 cm³/mol. The molecule has 2 rings (SSSR count). The first-order chi connectivity index (χ1) is 8.27. The van der Waals surface area contributed by atoms with Gasteiger partial charge in [0, 0.05) is 0 Å². The summed E-state index contributed by atoms with van der Waals surface area (Å²) in [4.78, 5) is 0. The van der Waals surface area contributed by atoms with E-state index in [1.54, 1.807) is 0 Å². The summed E-state index contributed by atoms with van der Waals surface area (Å²) in [5.41, 5.74) is 2.11. The average Bonchev–Trinajstić information content (AvgIpc) is 2.38. The Balaban J connectivity index is 2.00. The van der Waals surface area contributed by atoms with E-state index >= 15 is 0 Å². The summed E-state index contributed by atoms with van der Waals surface area (Å²) in [6, 6.07) is 18.1. The quantitative estimate of drug-likeness (QED) is 0.753. The second-order valence-electron chi connectivity index (χ2n) is 3.69. The van der Waals surface area contributed by atoms with Crippen molar-refractivity contribution < 1.29 is 4.74 Å². The van der Waals surface area contributed by atoms with E-state index in [0.29, 0.717) is 6.61 Å². The largest absolute Gasteiger partial charge is 0.488 e. The van der Waals surface area contributed by atoms with Gasteiger partial charge in [-0.3, -0.25) is 0 Å². The number of halogens is 1. The van der Waals surface area contributed by atoms with Crippen molar-refractivity contribution in [3.8, 4) is 5.75 Å². The lowest BCUT2D eigenvalue weighted by atomic mass is 10.1. The molecule has 0 saturated carbocycles. The van der Waals surface area contributed by atoms with Crippen LogP contribution in [0.5, 0.6) is 5.75 Å². The van der Waals surface area contributed by atoms with Crippen molar-refractivity contribution in [1.82, 2.24) is 0 Å². The summed E-state index contributed by atoms with van der Waals surface area (Å²) >= 11 is 2.27. The Labute approximate surface area is 115 Å². The lowest BCUT2D eigenvalue weighted by Crippen LogP contribution is -2.00. The van der Waals surface area contributed by atoms with Gasteiger partial charge >= 0.3 is 0 Å². The normalized spacial score (nSPS) is 9.94. The van der Waals surface area contributed by atoms with Crippen LogP contribution in [-0.2, 0) is 0 Å². The van der Waals surface area contributed by atoms with Crippen molar-refractivity contribution in [2.24, 2.45) is 0 Å². The van der Waals surface area contributed by atoms with Gasteiger partial charge in [-0.1, -0.05) is 49.0 Å². The van der Waals surface area contributed by atoms with Gasteiger partial charge in [0.05, 0.1) is 3.57 Å². The molecule has 0 fully saturated rings. The first-order valence-electron chi connectivity index (χ1n) is 5.38. The van der Waals surface area contributed by atoms with Gasteiger partial charge in [-0.05, 0) is 45.9 Å². The molecule has 0 aliphatic carbocycles. The van der Waals surface area contributed by atoms with E-state index in [-0.39, 0.29) is 0 Å². The maximum absolute atomic E-state index is 5.75. The van der Waals surface area contributed by atoms with E-state index in [0.717, 1.165) is 20.5 Å². The molecule has 0 aliphatic rings. The molecule has 17 heavy (non-hydrogen) atoms. The molecule has 0 heterocycles. The summed E-state index contributed by atoms with van der Waals surface area (Å²) in [7, 11) is 0. The highest BCUT2D eigenvalue weighted by Gasteiger charge is 2.02. The number of hydrogen-bond acceptors (Lipinski definition) is 1. The monoisotopic (exact) mass is 336 g/mol. The van der Waals surface area contributed by atoms with E-state index < -0.39 is 0 Å². The number of rotatable bonds is 4. The third kappa shape index (κ3) is 3.33. The molecule has 0 amide bonds. The first kappa shape index (κ1) is 12.2. The Hall–Kier alpha value is -1.29. The highest BCUT2D eigenvalue weighted by molar-refractivity contribution is 14.1. The van der Waals surface area contributed by atoms with Crippen LogP contribution in [0.2, 0.25) is 0 Å². The van der Waals surface area contributed by atoms with Crippen molar-refractivity contribution >= 4 is 28.2 Å². The standard InChI is InChI=1S/C15H13IO/c1-12(13-7-3-2-4-8-13)11-17-15-10-6-5-9-14(15)16/h2-10H,1,11H2. The SMILES string of the molecule is C=C(COc1ccccc1I)c1ccccc1. The highest BCUT2D eigenvalue weighted by atomic mass is 127. The van der Waals surface area contributed by atoms with Gasteiger partial charge < -0.3 is 4.74 Å². The van der Waals surface area contributed by atoms with Crippen LogP contribution in [0.15, 0.2) is 61.2 Å². The van der Waals surface area contributed by atoms with Crippen LogP contribution >= 0.6 is 22.6 Å². The first-order valence-corrected chi connectivity index (χ1v) is 6.46. The Kier molecular flexibility index (Phi) is 4.20. The fourth-order valence-corrected chi connectivity index (χ4v) is 2.03. The Bertz CT molecular complexity index is 505. The summed E-state index contributed by atoms with van der Waals surface area (Å²) in [6.45, 7) is 4.56. The summed E-state index contributed by atoms with van der Waals surface area (Å²) in [5, 5.41) is 0. The van der Waals surface area contributed by atoms with Gasteiger partial charge in [0.15, 0.2) is 0 Å². The molecule has 1 nitrogen and oxygen atoms in total. The van der Waals surface area contributed by atoms with Crippen LogP contribution in [0.25, 0.3) is 5.57 Å². The third-order valence-corrected chi connectivity index (χ3v) is 3.31. The van der Waals surface area contributed by atoms with Crippen LogP contribution in [0.3, 0.4) is 0 Å². The van der Waals surface area contributed by atoms with Crippen molar-refractivity contribution in [2.45, 2.75) is 0 Å².